The maximum absolute atomic E-state index is 12.3. The van der Waals surface area contributed by atoms with Crippen LogP contribution >= 0.6 is 0 Å². The fourth-order valence-electron chi connectivity index (χ4n) is 1.36. The van der Waals surface area contributed by atoms with Crippen molar-refractivity contribution in [1.29, 1.82) is 5.26 Å². The number of hydrogen-bond acceptors (Lipinski definition) is 3. The molecule has 1 unspecified atom stereocenters. The van der Waals surface area contributed by atoms with Gasteiger partial charge in [-0.3, -0.25) is 0 Å². The van der Waals surface area contributed by atoms with E-state index in [2.05, 4.69) is 5.32 Å². The minimum atomic E-state index is -4.50. The molecule has 2 N–H and O–H groups in total. The molecule has 0 radical (unpaired) electrons. The van der Waals surface area contributed by atoms with Crippen LogP contribution in [0.2, 0.25) is 0 Å². The Kier molecular flexibility index (Phi) is 5.13. The summed E-state index contributed by atoms with van der Waals surface area (Å²) >= 11 is 0. The van der Waals surface area contributed by atoms with Crippen molar-refractivity contribution in [2.45, 2.75) is 19.3 Å². The Labute approximate surface area is 103 Å². The Morgan fingerprint density at radius 3 is 2.22 bits per heavy atom. The van der Waals surface area contributed by atoms with E-state index in [0.717, 1.165) is 11.1 Å². The number of nitrogens with zero attached hydrogens (tertiary/aromatic N) is 1. The summed E-state index contributed by atoms with van der Waals surface area (Å²) < 4.78 is 36.8. The fourth-order valence-corrected chi connectivity index (χ4v) is 1.36. The van der Waals surface area contributed by atoms with Gasteiger partial charge in [-0.05, 0) is 11.1 Å². The van der Waals surface area contributed by atoms with E-state index in [1.807, 2.05) is 0 Å². The average Bonchev–Trinajstić information content (AvgIpc) is 2.34. The van der Waals surface area contributed by atoms with Crippen LogP contribution in [0.25, 0.3) is 0 Å². The molecule has 0 aromatic heterocycles. The zero-order valence-electron chi connectivity index (χ0n) is 9.54. The molecule has 0 saturated heterocycles. The smallest absolute Gasteiger partial charge is 0.392 e. The van der Waals surface area contributed by atoms with E-state index in [-0.39, 0.29) is 13.2 Å². The quantitative estimate of drug-likeness (QED) is 0.849. The summed E-state index contributed by atoms with van der Waals surface area (Å²) in [5.74, 6) is -1.99. The summed E-state index contributed by atoms with van der Waals surface area (Å²) in [6, 6.07) is 8.05. The Morgan fingerprint density at radius 2 is 1.78 bits per heavy atom. The second kappa shape index (κ2) is 6.38. The molecule has 1 aromatic rings. The summed E-state index contributed by atoms with van der Waals surface area (Å²) in [7, 11) is 0. The van der Waals surface area contributed by atoms with Gasteiger partial charge in [-0.15, -0.1) is 0 Å². The maximum Gasteiger partial charge on any atom is 0.405 e. The van der Waals surface area contributed by atoms with Crippen molar-refractivity contribution in [1.82, 2.24) is 5.32 Å². The molecule has 1 rings (SSSR count). The standard InChI is InChI=1S/C12H13F3N2O/c13-12(14,15)11(5-16)7-17-6-9-1-3-10(8-18)4-2-9/h1-4,11,17-18H,6-8H2. The van der Waals surface area contributed by atoms with Gasteiger partial charge in [0.2, 0.25) is 0 Å². The molecule has 98 valence electrons. The average molecular weight is 258 g/mol. The number of hydrogen-bond donors (Lipinski definition) is 2. The van der Waals surface area contributed by atoms with Gasteiger partial charge in [0.15, 0.2) is 5.92 Å². The maximum atomic E-state index is 12.3. The third kappa shape index (κ3) is 4.35. The Hall–Kier alpha value is -1.58. The zero-order valence-corrected chi connectivity index (χ0v) is 9.54. The lowest BCUT2D eigenvalue weighted by molar-refractivity contribution is -0.157. The van der Waals surface area contributed by atoms with Crippen LogP contribution in [0.3, 0.4) is 0 Å². The molecule has 0 aliphatic carbocycles. The van der Waals surface area contributed by atoms with Crippen LogP contribution in [-0.2, 0) is 13.2 Å². The second-order valence-corrected chi connectivity index (χ2v) is 3.83. The lowest BCUT2D eigenvalue weighted by Crippen LogP contribution is -2.32. The predicted octanol–water partition coefficient (Wildman–Crippen LogP) is 1.97. The number of alkyl halides is 3. The monoisotopic (exact) mass is 258 g/mol. The van der Waals surface area contributed by atoms with Gasteiger partial charge in [-0.1, -0.05) is 24.3 Å². The molecule has 6 heteroatoms. The first-order valence-electron chi connectivity index (χ1n) is 5.33. The van der Waals surface area contributed by atoms with Crippen molar-refractivity contribution in [2.75, 3.05) is 6.54 Å². The van der Waals surface area contributed by atoms with Crippen LogP contribution < -0.4 is 5.32 Å². The third-order valence-electron chi connectivity index (χ3n) is 2.43. The van der Waals surface area contributed by atoms with Gasteiger partial charge in [-0.25, -0.2) is 0 Å². The SMILES string of the molecule is N#CC(CNCc1ccc(CO)cc1)C(F)(F)F. The minimum absolute atomic E-state index is 0.0711. The van der Waals surface area contributed by atoms with E-state index in [4.69, 9.17) is 10.4 Å². The molecule has 0 fully saturated rings. The van der Waals surface area contributed by atoms with Gasteiger partial charge < -0.3 is 10.4 Å². The number of aliphatic hydroxyl groups excluding tert-OH is 1. The predicted molar refractivity (Wildman–Crippen MR) is 59.2 cm³/mol. The number of halogens is 3. The number of aliphatic hydroxyl groups is 1. The Balaban J connectivity index is 2.44. The molecule has 0 aliphatic rings. The van der Waals surface area contributed by atoms with Gasteiger partial charge in [-0.2, -0.15) is 18.4 Å². The molecule has 1 atom stereocenters. The zero-order chi connectivity index (χ0) is 13.6. The first-order valence-corrected chi connectivity index (χ1v) is 5.33. The van der Waals surface area contributed by atoms with E-state index in [1.165, 1.54) is 6.07 Å². The number of rotatable bonds is 5. The highest BCUT2D eigenvalue weighted by molar-refractivity contribution is 5.21. The molecular weight excluding hydrogens is 245 g/mol. The molecule has 0 aliphatic heterocycles. The first kappa shape index (κ1) is 14.5. The van der Waals surface area contributed by atoms with Gasteiger partial charge in [0.05, 0.1) is 12.7 Å². The van der Waals surface area contributed by atoms with E-state index in [1.54, 1.807) is 24.3 Å². The van der Waals surface area contributed by atoms with Crippen LogP contribution in [0, 0.1) is 17.2 Å². The molecule has 0 heterocycles. The van der Waals surface area contributed by atoms with E-state index in [0.29, 0.717) is 0 Å². The van der Waals surface area contributed by atoms with Crippen LogP contribution in [0.5, 0.6) is 0 Å². The summed E-state index contributed by atoms with van der Waals surface area (Å²) in [6.07, 6.45) is -4.50. The Bertz CT molecular complexity index is 409. The minimum Gasteiger partial charge on any atom is -0.392 e. The highest BCUT2D eigenvalue weighted by Crippen LogP contribution is 2.24. The van der Waals surface area contributed by atoms with Crippen molar-refractivity contribution in [2.24, 2.45) is 5.92 Å². The van der Waals surface area contributed by atoms with Gasteiger partial charge >= 0.3 is 6.18 Å². The second-order valence-electron chi connectivity index (χ2n) is 3.83. The summed E-state index contributed by atoms with van der Waals surface area (Å²) in [6.45, 7) is -0.250. The third-order valence-corrected chi connectivity index (χ3v) is 2.43. The van der Waals surface area contributed by atoms with Gasteiger partial charge in [0.1, 0.15) is 0 Å². The number of benzene rings is 1. The summed E-state index contributed by atoms with van der Waals surface area (Å²) in [5, 5.41) is 19.8. The van der Waals surface area contributed by atoms with Crippen LogP contribution in [0.1, 0.15) is 11.1 Å². The first-order chi connectivity index (χ1) is 8.47. The van der Waals surface area contributed by atoms with E-state index in [9.17, 15) is 13.2 Å². The lowest BCUT2D eigenvalue weighted by atomic mass is 10.1. The summed E-state index contributed by atoms with van der Waals surface area (Å²) in [5.41, 5.74) is 1.54. The van der Waals surface area contributed by atoms with Crippen molar-refractivity contribution < 1.29 is 18.3 Å². The highest BCUT2D eigenvalue weighted by atomic mass is 19.4. The largest absolute Gasteiger partial charge is 0.405 e. The van der Waals surface area contributed by atoms with E-state index >= 15 is 0 Å². The van der Waals surface area contributed by atoms with Crippen LogP contribution in [-0.4, -0.2) is 17.8 Å². The molecule has 1 aromatic carbocycles. The van der Waals surface area contributed by atoms with Crippen LogP contribution in [0.4, 0.5) is 13.2 Å². The van der Waals surface area contributed by atoms with Crippen molar-refractivity contribution in [3.63, 3.8) is 0 Å². The van der Waals surface area contributed by atoms with Crippen molar-refractivity contribution in [3.8, 4) is 6.07 Å². The summed E-state index contributed by atoms with van der Waals surface area (Å²) in [4.78, 5) is 0. The van der Waals surface area contributed by atoms with Crippen LogP contribution in [0.15, 0.2) is 24.3 Å². The lowest BCUT2D eigenvalue weighted by Gasteiger charge is -2.13. The molecular formula is C12H13F3N2O. The normalized spacial score (nSPS) is 13.1. The van der Waals surface area contributed by atoms with Gasteiger partial charge in [0, 0.05) is 13.1 Å². The molecule has 18 heavy (non-hydrogen) atoms. The topological polar surface area (TPSA) is 56.0 Å². The van der Waals surface area contributed by atoms with Crippen molar-refractivity contribution in [3.05, 3.63) is 35.4 Å². The molecule has 0 spiro atoms. The molecule has 3 nitrogen and oxygen atoms in total. The van der Waals surface area contributed by atoms with Gasteiger partial charge in [0.25, 0.3) is 0 Å². The van der Waals surface area contributed by atoms with Crippen molar-refractivity contribution >= 4 is 0 Å². The fraction of sp³-hybridized carbons (Fsp3) is 0.417. The number of nitriles is 1. The molecule has 0 amide bonds. The molecule has 0 bridgehead atoms. The number of nitrogens with one attached hydrogen (secondary N) is 1. The highest BCUT2D eigenvalue weighted by Gasteiger charge is 2.39. The molecule has 0 saturated carbocycles. The van der Waals surface area contributed by atoms with E-state index < -0.39 is 18.6 Å². The Morgan fingerprint density at radius 1 is 1.22 bits per heavy atom.